The van der Waals surface area contributed by atoms with Gasteiger partial charge in [-0.1, -0.05) is 18.2 Å². The normalized spacial score (nSPS) is 23.7. The van der Waals surface area contributed by atoms with Crippen molar-refractivity contribution in [1.82, 2.24) is 10.6 Å². The van der Waals surface area contributed by atoms with Crippen molar-refractivity contribution in [3.05, 3.63) is 30.3 Å². The van der Waals surface area contributed by atoms with E-state index in [4.69, 9.17) is 12.2 Å². The van der Waals surface area contributed by atoms with Crippen LogP contribution in [-0.4, -0.2) is 55.4 Å². The van der Waals surface area contributed by atoms with Gasteiger partial charge < -0.3 is 21.1 Å². The Morgan fingerprint density at radius 2 is 1.95 bits per heavy atom. The molecule has 0 spiro atoms. The molecule has 2 rings (SSSR count). The summed E-state index contributed by atoms with van der Waals surface area (Å²) < 4.78 is 22.7. The van der Waals surface area contributed by atoms with Gasteiger partial charge in [-0.15, -0.1) is 0 Å². The molecule has 4 N–H and O–H groups in total. The van der Waals surface area contributed by atoms with Crippen molar-refractivity contribution in [2.45, 2.75) is 12.1 Å². The molecule has 0 bridgehead atoms. The molecule has 1 aliphatic rings. The van der Waals surface area contributed by atoms with Crippen molar-refractivity contribution in [3.8, 4) is 0 Å². The number of hydrogen-bond acceptors (Lipinski definition) is 5. The Morgan fingerprint density at radius 1 is 1.24 bits per heavy atom. The summed E-state index contributed by atoms with van der Waals surface area (Å²) in [4.78, 5) is 0. The molecule has 8 heteroatoms. The summed E-state index contributed by atoms with van der Waals surface area (Å²) in [5.41, 5.74) is 0.903. The van der Waals surface area contributed by atoms with E-state index in [-0.39, 0.29) is 11.5 Å². The fourth-order valence-electron chi connectivity index (χ4n) is 2.15. The van der Waals surface area contributed by atoms with Crippen molar-refractivity contribution in [2.24, 2.45) is 0 Å². The minimum Gasteiger partial charge on any atom is -0.390 e. The third-order valence-corrected chi connectivity index (χ3v) is 5.13. The van der Waals surface area contributed by atoms with Crippen LogP contribution in [0.4, 0.5) is 5.69 Å². The van der Waals surface area contributed by atoms with Gasteiger partial charge in [-0.2, -0.15) is 0 Å². The molecule has 0 aliphatic carbocycles. The number of rotatable bonds is 5. The lowest BCUT2D eigenvalue weighted by atomic mass is 10.2. The van der Waals surface area contributed by atoms with E-state index < -0.39 is 22.0 Å². The number of para-hydroxylation sites is 1. The Kier molecular flexibility index (Phi) is 5.51. The summed E-state index contributed by atoms with van der Waals surface area (Å²) in [6.07, 6.45) is -0.829. The van der Waals surface area contributed by atoms with Gasteiger partial charge in [-0.05, 0) is 24.4 Å². The van der Waals surface area contributed by atoms with Gasteiger partial charge in [0.1, 0.15) is 0 Å². The first kappa shape index (κ1) is 16.2. The second-order valence-corrected chi connectivity index (χ2v) is 7.51. The first-order valence-electron chi connectivity index (χ1n) is 6.68. The topological polar surface area (TPSA) is 90.5 Å². The predicted molar refractivity (Wildman–Crippen MR) is 87.1 cm³/mol. The Balaban J connectivity index is 1.65. The number of thiocarbonyl (C=S) groups is 1. The van der Waals surface area contributed by atoms with Crippen LogP contribution in [0.15, 0.2) is 30.3 Å². The number of hydrogen-bond donors (Lipinski definition) is 4. The molecule has 116 valence electrons. The second-order valence-electron chi connectivity index (χ2n) is 4.95. The molecular weight excluding hydrogens is 310 g/mol. The number of anilines is 1. The lowest BCUT2D eigenvalue weighted by Gasteiger charge is -2.16. The molecule has 2 atom stereocenters. The van der Waals surface area contributed by atoms with E-state index in [1.165, 1.54) is 0 Å². The van der Waals surface area contributed by atoms with Crippen LogP contribution in [0, 0.1) is 0 Å². The van der Waals surface area contributed by atoms with Gasteiger partial charge in [-0.25, -0.2) is 8.42 Å². The lowest BCUT2D eigenvalue weighted by molar-refractivity contribution is 0.166. The van der Waals surface area contributed by atoms with Crippen LogP contribution >= 0.6 is 12.2 Å². The molecule has 0 aromatic heterocycles. The molecule has 1 fully saturated rings. The molecule has 1 heterocycles. The summed E-state index contributed by atoms with van der Waals surface area (Å²) in [7, 11) is -3.11. The zero-order valence-corrected chi connectivity index (χ0v) is 13.1. The van der Waals surface area contributed by atoms with Gasteiger partial charge >= 0.3 is 0 Å². The third kappa shape index (κ3) is 5.24. The van der Waals surface area contributed by atoms with Crippen LogP contribution in [0.3, 0.4) is 0 Å². The molecule has 21 heavy (non-hydrogen) atoms. The highest BCUT2D eigenvalue weighted by Gasteiger charge is 2.35. The molecule has 1 saturated heterocycles. The van der Waals surface area contributed by atoms with E-state index in [1.807, 2.05) is 30.3 Å². The van der Waals surface area contributed by atoms with E-state index in [1.54, 1.807) is 0 Å². The Hall–Kier alpha value is -1.22. The SMILES string of the molecule is O=S1(=O)C[C@H](NCCNC(=S)Nc2ccccc2)[C@@H](O)C1. The number of benzene rings is 1. The summed E-state index contributed by atoms with van der Waals surface area (Å²) in [5.74, 6) is -0.174. The Bertz CT molecular complexity index is 578. The predicted octanol–water partition coefficient (Wildman–Crippen LogP) is -0.279. The lowest BCUT2D eigenvalue weighted by Crippen LogP contribution is -2.43. The largest absolute Gasteiger partial charge is 0.390 e. The fourth-order valence-corrected chi connectivity index (χ4v) is 4.15. The molecule has 1 aromatic rings. The zero-order valence-electron chi connectivity index (χ0n) is 11.5. The minimum atomic E-state index is -3.11. The molecule has 0 unspecified atom stereocenters. The summed E-state index contributed by atoms with van der Waals surface area (Å²) in [5, 5.41) is 19.2. The van der Waals surface area contributed by atoms with E-state index in [9.17, 15) is 13.5 Å². The van der Waals surface area contributed by atoms with Gasteiger partial charge in [0.15, 0.2) is 14.9 Å². The monoisotopic (exact) mass is 329 g/mol. The minimum absolute atomic E-state index is 0.0130. The number of nitrogens with one attached hydrogen (secondary N) is 3. The van der Waals surface area contributed by atoms with Crippen molar-refractivity contribution in [1.29, 1.82) is 0 Å². The van der Waals surface area contributed by atoms with Gasteiger partial charge in [-0.3, -0.25) is 0 Å². The van der Waals surface area contributed by atoms with Crippen LogP contribution in [0.1, 0.15) is 0 Å². The van der Waals surface area contributed by atoms with Gasteiger partial charge in [0.25, 0.3) is 0 Å². The van der Waals surface area contributed by atoms with Crippen LogP contribution in [-0.2, 0) is 9.84 Å². The summed E-state index contributed by atoms with van der Waals surface area (Å²) in [6, 6.07) is 9.17. The van der Waals surface area contributed by atoms with Gasteiger partial charge in [0, 0.05) is 24.8 Å². The summed E-state index contributed by atoms with van der Waals surface area (Å²) in [6.45, 7) is 1.07. The molecule has 0 radical (unpaired) electrons. The van der Waals surface area contributed by atoms with Crippen LogP contribution in [0.2, 0.25) is 0 Å². The van der Waals surface area contributed by atoms with E-state index >= 15 is 0 Å². The molecule has 1 aliphatic heterocycles. The zero-order chi connectivity index (χ0) is 15.3. The van der Waals surface area contributed by atoms with Crippen molar-refractivity contribution in [2.75, 3.05) is 29.9 Å². The first-order valence-corrected chi connectivity index (χ1v) is 8.91. The molecule has 0 saturated carbocycles. The maximum Gasteiger partial charge on any atom is 0.170 e. The number of aliphatic hydroxyl groups is 1. The van der Waals surface area contributed by atoms with Gasteiger partial charge in [0.05, 0.1) is 17.6 Å². The van der Waals surface area contributed by atoms with E-state index in [0.29, 0.717) is 18.2 Å². The standard InChI is InChI=1S/C13H19N3O3S2/c17-12-9-21(18,19)8-11(12)14-6-7-15-13(20)16-10-4-2-1-3-5-10/h1-5,11-12,14,17H,6-9H2,(H2,15,16,20)/t11-,12-/m0/s1. The highest BCUT2D eigenvalue weighted by Crippen LogP contribution is 2.11. The quantitative estimate of drug-likeness (QED) is 0.436. The summed E-state index contributed by atoms with van der Waals surface area (Å²) >= 11 is 5.15. The smallest absolute Gasteiger partial charge is 0.170 e. The maximum atomic E-state index is 11.3. The van der Waals surface area contributed by atoms with Crippen molar-refractivity contribution >= 4 is 32.9 Å². The van der Waals surface area contributed by atoms with Crippen LogP contribution in [0.25, 0.3) is 0 Å². The van der Waals surface area contributed by atoms with Crippen molar-refractivity contribution < 1.29 is 13.5 Å². The molecular formula is C13H19N3O3S2. The molecule has 6 nitrogen and oxygen atoms in total. The Morgan fingerprint density at radius 3 is 2.57 bits per heavy atom. The highest BCUT2D eigenvalue weighted by atomic mass is 32.2. The average molecular weight is 329 g/mol. The average Bonchev–Trinajstić information content (AvgIpc) is 2.68. The molecule has 1 aromatic carbocycles. The van der Waals surface area contributed by atoms with E-state index in [0.717, 1.165) is 5.69 Å². The van der Waals surface area contributed by atoms with Crippen LogP contribution in [0.5, 0.6) is 0 Å². The first-order chi connectivity index (χ1) is 9.96. The highest BCUT2D eigenvalue weighted by molar-refractivity contribution is 7.91. The van der Waals surface area contributed by atoms with Gasteiger partial charge in [0.2, 0.25) is 0 Å². The number of aliphatic hydroxyl groups excluding tert-OH is 1. The fraction of sp³-hybridized carbons (Fsp3) is 0.462. The van der Waals surface area contributed by atoms with Crippen molar-refractivity contribution in [3.63, 3.8) is 0 Å². The maximum absolute atomic E-state index is 11.3. The number of sulfone groups is 1. The second kappa shape index (κ2) is 7.17. The van der Waals surface area contributed by atoms with E-state index in [2.05, 4.69) is 16.0 Å². The molecule has 0 amide bonds. The third-order valence-electron chi connectivity index (χ3n) is 3.17. The van der Waals surface area contributed by atoms with Crippen LogP contribution < -0.4 is 16.0 Å². The Labute approximate surface area is 129 Å².